The van der Waals surface area contributed by atoms with E-state index in [4.69, 9.17) is 4.74 Å². The molecule has 0 spiro atoms. The first-order valence-electron chi connectivity index (χ1n) is 9.69. The lowest BCUT2D eigenvalue weighted by Gasteiger charge is -2.36. The Morgan fingerprint density at radius 2 is 1.94 bits per heavy atom. The SMILES string of the molecule is COCC(=O)N1CCc2sccc2C1c1ccc(NCc2ccc(F)c(F)c2)cc1.Cl. The lowest BCUT2D eigenvalue weighted by atomic mass is 9.93. The number of thiophene rings is 1. The summed E-state index contributed by atoms with van der Waals surface area (Å²) in [7, 11) is 1.53. The third-order valence-electron chi connectivity index (χ3n) is 5.26. The minimum Gasteiger partial charge on any atom is -0.381 e. The normalized spacial score (nSPS) is 15.2. The van der Waals surface area contributed by atoms with Gasteiger partial charge in [-0.15, -0.1) is 23.7 Å². The van der Waals surface area contributed by atoms with Gasteiger partial charge in [0.15, 0.2) is 11.6 Å². The summed E-state index contributed by atoms with van der Waals surface area (Å²) in [5.41, 5.74) is 3.71. The average Bonchev–Trinajstić information content (AvgIpc) is 3.23. The van der Waals surface area contributed by atoms with Gasteiger partial charge in [-0.3, -0.25) is 4.79 Å². The van der Waals surface area contributed by atoms with Crippen LogP contribution in [0.4, 0.5) is 14.5 Å². The highest BCUT2D eigenvalue weighted by molar-refractivity contribution is 7.10. The molecule has 1 N–H and O–H groups in total. The highest BCUT2D eigenvalue weighted by atomic mass is 35.5. The minimum absolute atomic E-state index is 0. The predicted molar refractivity (Wildman–Crippen MR) is 121 cm³/mol. The van der Waals surface area contributed by atoms with Crippen LogP contribution in [-0.4, -0.2) is 31.1 Å². The number of amides is 1. The molecule has 0 aliphatic carbocycles. The molecule has 0 fully saturated rings. The van der Waals surface area contributed by atoms with E-state index in [9.17, 15) is 13.6 Å². The van der Waals surface area contributed by atoms with Crippen LogP contribution >= 0.6 is 23.7 Å². The molecule has 8 heteroatoms. The molecule has 3 aromatic rings. The number of nitrogens with one attached hydrogen (secondary N) is 1. The Labute approximate surface area is 190 Å². The fraction of sp³-hybridized carbons (Fsp3) is 0.261. The standard InChI is InChI=1S/C23H22F2N2O2S.ClH/c1-29-14-22(28)27-10-8-21-18(9-11-30-21)23(27)16-3-5-17(6-4-16)26-13-15-2-7-19(24)20(25)12-15;/h2-7,9,11-12,23,26H,8,10,13-14H2,1H3;1H. The summed E-state index contributed by atoms with van der Waals surface area (Å²) in [6, 6.07) is 13.7. The lowest BCUT2D eigenvalue weighted by Crippen LogP contribution is -2.41. The number of carbonyl (C=O) groups excluding carboxylic acids is 1. The number of fused-ring (bicyclic) bond motifs is 1. The van der Waals surface area contributed by atoms with Gasteiger partial charge in [0, 0.05) is 30.8 Å². The van der Waals surface area contributed by atoms with Crippen LogP contribution in [0.5, 0.6) is 0 Å². The Balaban J connectivity index is 0.00000272. The van der Waals surface area contributed by atoms with E-state index in [0.717, 1.165) is 29.3 Å². The van der Waals surface area contributed by atoms with Gasteiger partial charge in [0.1, 0.15) is 6.61 Å². The number of carbonyl (C=O) groups is 1. The summed E-state index contributed by atoms with van der Waals surface area (Å²) in [4.78, 5) is 15.8. The van der Waals surface area contributed by atoms with E-state index in [1.165, 1.54) is 18.1 Å². The Morgan fingerprint density at radius 1 is 1.16 bits per heavy atom. The molecule has 0 bridgehead atoms. The van der Waals surface area contributed by atoms with Crippen molar-refractivity contribution >= 4 is 35.3 Å². The Hall–Kier alpha value is -2.48. The molecule has 2 heterocycles. The summed E-state index contributed by atoms with van der Waals surface area (Å²) in [6.07, 6.45) is 0.854. The summed E-state index contributed by atoms with van der Waals surface area (Å²) < 4.78 is 31.5. The summed E-state index contributed by atoms with van der Waals surface area (Å²) in [6.45, 7) is 1.10. The first-order chi connectivity index (χ1) is 14.6. The molecule has 0 radical (unpaired) electrons. The quantitative estimate of drug-likeness (QED) is 0.546. The van der Waals surface area contributed by atoms with Crippen molar-refractivity contribution in [2.75, 3.05) is 25.6 Å². The molecule has 0 saturated carbocycles. The van der Waals surface area contributed by atoms with Crippen molar-refractivity contribution in [3.63, 3.8) is 0 Å². The third-order valence-corrected chi connectivity index (χ3v) is 6.26. The molecule has 1 unspecified atom stereocenters. The summed E-state index contributed by atoms with van der Waals surface area (Å²) in [5, 5.41) is 5.29. The lowest BCUT2D eigenvalue weighted by molar-refractivity contribution is -0.137. The van der Waals surface area contributed by atoms with Crippen molar-refractivity contribution in [3.05, 3.63) is 87.1 Å². The Kier molecular flexibility index (Phi) is 7.64. The van der Waals surface area contributed by atoms with E-state index in [1.807, 2.05) is 29.2 Å². The smallest absolute Gasteiger partial charge is 0.249 e. The van der Waals surface area contributed by atoms with E-state index in [0.29, 0.717) is 18.7 Å². The molecular formula is C23H23ClF2N2O2S. The predicted octanol–water partition coefficient (Wildman–Crippen LogP) is 5.18. The number of halogens is 3. The molecule has 1 atom stereocenters. The monoisotopic (exact) mass is 464 g/mol. The molecule has 1 amide bonds. The van der Waals surface area contributed by atoms with Crippen LogP contribution in [0.15, 0.2) is 53.9 Å². The van der Waals surface area contributed by atoms with E-state index < -0.39 is 11.6 Å². The molecule has 0 saturated heterocycles. The fourth-order valence-electron chi connectivity index (χ4n) is 3.79. The Morgan fingerprint density at radius 3 is 2.65 bits per heavy atom. The number of methoxy groups -OCH3 is 1. The van der Waals surface area contributed by atoms with E-state index in [2.05, 4.69) is 16.8 Å². The summed E-state index contributed by atoms with van der Waals surface area (Å²) >= 11 is 1.72. The second-order valence-corrected chi connectivity index (χ2v) is 8.20. The number of benzene rings is 2. The molecule has 4 rings (SSSR count). The molecule has 4 nitrogen and oxygen atoms in total. The number of anilines is 1. The first kappa shape index (κ1) is 23.2. The summed E-state index contributed by atoms with van der Waals surface area (Å²) in [5.74, 6) is -1.73. The van der Waals surface area contributed by atoms with E-state index >= 15 is 0 Å². The number of hydrogen-bond donors (Lipinski definition) is 1. The maximum Gasteiger partial charge on any atom is 0.249 e. The fourth-order valence-corrected chi connectivity index (χ4v) is 4.69. The van der Waals surface area contributed by atoms with Crippen LogP contribution < -0.4 is 5.32 Å². The maximum atomic E-state index is 13.4. The van der Waals surface area contributed by atoms with Crippen molar-refractivity contribution in [2.45, 2.75) is 19.0 Å². The zero-order valence-electron chi connectivity index (χ0n) is 16.9. The maximum absolute atomic E-state index is 13.4. The van der Waals surface area contributed by atoms with Crippen LogP contribution in [0, 0.1) is 11.6 Å². The number of ether oxygens (including phenoxy) is 1. The van der Waals surface area contributed by atoms with Gasteiger partial charge in [0.2, 0.25) is 5.91 Å². The number of hydrogen-bond acceptors (Lipinski definition) is 4. The zero-order valence-corrected chi connectivity index (χ0v) is 18.6. The molecule has 1 aliphatic heterocycles. The molecule has 2 aromatic carbocycles. The van der Waals surface area contributed by atoms with Crippen LogP contribution in [-0.2, 0) is 22.5 Å². The van der Waals surface area contributed by atoms with E-state index in [-0.39, 0.29) is 31.0 Å². The van der Waals surface area contributed by atoms with Crippen LogP contribution in [0.1, 0.15) is 27.6 Å². The molecular weight excluding hydrogens is 442 g/mol. The second-order valence-electron chi connectivity index (χ2n) is 7.20. The van der Waals surface area contributed by atoms with E-state index in [1.54, 1.807) is 17.4 Å². The van der Waals surface area contributed by atoms with Crippen molar-refractivity contribution in [2.24, 2.45) is 0 Å². The Bertz CT molecular complexity index is 1040. The van der Waals surface area contributed by atoms with Crippen molar-refractivity contribution in [1.82, 2.24) is 4.90 Å². The van der Waals surface area contributed by atoms with Gasteiger partial charge in [0.05, 0.1) is 6.04 Å². The highest BCUT2D eigenvalue weighted by Crippen LogP contribution is 2.38. The topological polar surface area (TPSA) is 41.6 Å². The second kappa shape index (κ2) is 10.2. The molecule has 1 aromatic heterocycles. The zero-order chi connectivity index (χ0) is 21.1. The van der Waals surface area contributed by atoms with Crippen molar-refractivity contribution < 1.29 is 18.3 Å². The first-order valence-corrected chi connectivity index (χ1v) is 10.6. The average molecular weight is 465 g/mol. The van der Waals surface area contributed by atoms with Crippen LogP contribution in [0.25, 0.3) is 0 Å². The van der Waals surface area contributed by atoms with Crippen LogP contribution in [0.2, 0.25) is 0 Å². The third kappa shape index (κ3) is 5.06. The number of rotatable bonds is 6. The van der Waals surface area contributed by atoms with Gasteiger partial charge in [-0.1, -0.05) is 18.2 Å². The van der Waals surface area contributed by atoms with Crippen LogP contribution in [0.3, 0.4) is 0 Å². The van der Waals surface area contributed by atoms with Gasteiger partial charge in [-0.2, -0.15) is 0 Å². The van der Waals surface area contributed by atoms with Gasteiger partial charge < -0.3 is 15.0 Å². The minimum atomic E-state index is -0.852. The van der Waals surface area contributed by atoms with Gasteiger partial charge in [-0.25, -0.2) is 8.78 Å². The van der Waals surface area contributed by atoms with Gasteiger partial charge in [0.25, 0.3) is 0 Å². The van der Waals surface area contributed by atoms with Crippen molar-refractivity contribution in [1.29, 1.82) is 0 Å². The van der Waals surface area contributed by atoms with Crippen molar-refractivity contribution in [3.8, 4) is 0 Å². The number of nitrogens with zero attached hydrogens (tertiary/aromatic N) is 1. The molecule has 1 aliphatic rings. The van der Waals surface area contributed by atoms with Gasteiger partial charge >= 0.3 is 0 Å². The molecule has 164 valence electrons. The van der Waals surface area contributed by atoms with Gasteiger partial charge in [-0.05, 0) is 58.8 Å². The molecule has 31 heavy (non-hydrogen) atoms. The highest BCUT2D eigenvalue weighted by Gasteiger charge is 2.32. The largest absolute Gasteiger partial charge is 0.381 e.